The second-order valence-electron chi connectivity index (χ2n) is 6.54. The molecule has 0 aliphatic carbocycles. The summed E-state index contributed by atoms with van der Waals surface area (Å²) in [6.07, 6.45) is 3.64. The molecule has 0 saturated heterocycles. The molecule has 0 unspecified atom stereocenters. The molecule has 0 amide bonds. The third kappa shape index (κ3) is 3.08. The van der Waals surface area contributed by atoms with Crippen LogP contribution < -0.4 is 5.32 Å². The molecular formula is C18H20N4O2. The number of carbonyl (C=O) groups is 1. The zero-order chi connectivity index (χ0) is 17.3. The number of fused-ring (bicyclic) bond motifs is 1. The highest BCUT2D eigenvalue weighted by Gasteiger charge is 2.19. The molecule has 2 heterocycles. The van der Waals surface area contributed by atoms with E-state index in [0.717, 1.165) is 17.1 Å². The molecule has 0 saturated carbocycles. The molecule has 3 aromatic rings. The van der Waals surface area contributed by atoms with Crippen LogP contribution in [0.4, 0.5) is 5.82 Å². The van der Waals surface area contributed by atoms with Gasteiger partial charge in [-0.25, -0.2) is 14.8 Å². The molecular weight excluding hydrogens is 304 g/mol. The van der Waals surface area contributed by atoms with E-state index >= 15 is 0 Å². The van der Waals surface area contributed by atoms with E-state index in [1.807, 2.05) is 28.8 Å². The van der Waals surface area contributed by atoms with Gasteiger partial charge in [-0.1, -0.05) is 12.1 Å². The Labute approximate surface area is 140 Å². The number of nitrogens with one attached hydrogen (secondary N) is 1. The Morgan fingerprint density at radius 1 is 1.21 bits per heavy atom. The van der Waals surface area contributed by atoms with Crippen molar-refractivity contribution in [2.75, 3.05) is 12.4 Å². The van der Waals surface area contributed by atoms with Crippen molar-refractivity contribution in [1.82, 2.24) is 14.4 Å². The minimum atomic E-state index is -0.355. The van der Waals surface area contributed by atoms with Crippen LogP contribution in [0.25, 0.3) is 17.0 Å². The van der Waals surface area contributed by atoms with E-state index < -0.39 is 0 Å². The summed E-state index contributed by atoms with van der Waals surface area (Å²) in [5, 5.41) is 3.49. The third-order valence-corrected chi connectivity index (χ3v) is 3.48. The third-order valence-electron chi connectivity index (χ3n) is 3.48. The summed E-state index contributed by atoms with van der Waals surface area (Å²) < 4.78 is 6.66. The Bertz CT molecular complexity index is 876. The number of rotatable bonds is 3. The number of nitrogens with zero attached hydrogens (tertiary/aromatic N) is 3. The Morgan fingerprint density at radius 3 is 2.54 bits per heavy atom. The van der Waals surface area contributed by atoms with Crippen LogP contribution in [0.15, 0.2) is 42.7 Å². The number of ether oxygens (including phenoxy) is 1. The number of hydrogen-bond donors (Lipinski definition) is 1. The highest BCUT2D eigenvalue weighted by atomic mass is 16.5. The van der Waals surface area contributed by atoms with Gasteiger partial charge < -0.3 is 10.1 Å². The van der Waals surface area contributed by atoms with Crippen LogP contribution >= 0.6 is 0 Å². The maximum atomic E-state index is 11.6. The fourth-order valence-electron chi connectivity index (χ4n) is 2.45. The summed E-state index contributed by atoms with van der Waals surface area (Å²) in [6.45, 7) is 6.27. The Hall–Kier alpha value is -2.89. The number of methoxy groups -OCH3 is 1. The Balaban J connectivity index is 2.11. The van der Waals surface area contributed by atoms with Crippen molar-refractivity contribution in [1.29, 1.82) is 0 Å². The second kappa shape index (κ2) is 5.96. The van der Waals surface area contributed by atoms with E-state index in [1.54, 1.807) is 18.3 Å². The molecule has 1 aromatic carbocycles. The first kappa shape index (κ1) is 16.0. The fourth-order valence-corrected chi connectivity index (χ4v) is 2.45. The monoisotopic (exact) mass is 324 g/mol. The highest BCUT2D eigenvalue weighted by Crippen LogP contribution is 2.30. The molecule has 0 spiro atoms. The number of anilines is 1. The maximum Gasteiger partial charge on any atom is 0.337 e. The highest BCUT2D eigenvalue weighted by molar-refractivity contribution is 5.90. The SMILES string of the molecule is COC(=O)c1ccc(-c2nc3ncccn3c2NC(C)(C)C)cc1. The van der Waals surface area contributed by atoms with Gasteiger partial charge in [-0.05, 0) is 39.0 Å². The molecule has 24 heavy (non-hydrogen) atoms. The van der Waals surface area contributed by atoms with Gasteiger partial charge >= 0.3 is 5.97 Å². The largest absolute Gasteiger partial charge is 0.465 e. The van der Waals surface area contributed by atoms with Crippen LogP contribution in [0.1, 0.15) is 31.1 Å². The molecule has 0 atom stereocenters. The fraction of sp³-hybridized carbons (Fsp3) is 0.278. The lowest BCUT2D eigenvalue weighted by atomic mass is 10.1. The average Bonchev–Trinajstić information content (AvgIpc) is 2.91. The molecule has 2 aromatic heterocycles. The molecule has 6 heteroatoms. The maximum absolute atomic E-state index is 11.6. The Kier molecular flexibility index (Phi) is 3.97. The molecule has 3 rings (SSSR count). The lowest BCUT2D eigenvalue weighted by molar-refractivity contribution is 0.0601. The van der Waals surface area contributed by atoms with Crippen molar-refractivity contribution in [3.63, 3.8) is 0 Å². The summed E-state index contributed by atoms with van der Waals surface area (Å²) in [5.41, 5.74) is 2.07. The minimum absolute atomic E-state index is 0.132. The van der Waals surface area contributed by atoms with E-state index in [1.165, 1.54) is 7.11 Å². The number of hydrogen-bond acceptors (Lipinski definition) is 5. The predicted octanol–water partition coefficient (Wildman–Crippen LogP) is 3.39. The predicted molar refractivity (Wildman–Crippen MR) is 93.1 cm³/mol. The van der Waals surface area contributed by atoms with Crippen molar-refractivity contribution in [3.05, 3.63) is 48.3 Å². The average molecular weight is 324 g/mol. The lowest BCUT2D eigenvalue weighted by Crippen LogP contribution is -2.27. The summed E-state index contributed by atoms with van der Waals surface area (Å²) in [7, 11) is 1.37. The van der Waals surface area contributed by atoms with E-state index in [-0.39, 0.29) is 11.5 Å². The van der Waals surface area contributed by atoms with Crippen molar-refractivity contribution in [3.8, 4) is 11.3 Å². The van der Waals surface area contributed by atoms with Gasteiger partial charge in [0.05, 0.1) is 12.7 Å². The summed E-state index contributed by atoms with van der Waals surface area (Å²) in [4.78, 5) is 20.5. The zero-order valence-corrected chi connectivity index (χ0v) is 14.2. The van der Waals surface area contributed by atoms with Gasteiger partial charge in [0.1, 0.15) is 11.5 Å². The first-order chi connectivity index (χ1) is 11.4. The van der Waals surface area contributed by atoms with Crippen LogP contribution in [-0.4, -0.2) is 33.0 Å². The molecule has 0 fully saturated rings. The summed E-state index contributed by atoms with van der Waals surface area (Å²) >= 11 is 0. The Morgan fingerprint density at radius 2 is 1.92 bits per heavy atom. The van der Waals surface area contributed by atoms with Gasteiger partial charge in [-0.3, -0.25) is 4.40 Å². The van der Waals surface area contributed by atoms with Gasteiger partial charge in [0.2, 0.25) is 5.78 Å². The van der Waals surface area contributed by atoms with Crippen LogP contribution in [0.2, 0.25) is 0 Å². The molecule has 124 valence electrons. The van der Waals surface area contributed by atoms with Crippen molar-refractivity contribution >= 4 is 17.6 Å². The van der Waals surface area contributed by atoms with Crippen LogP contribution in [0.3, 0.4) is 0 Å². The summed E-state index contributed by atoms with van der Waals surface area (Å²) in [6, 6.07) is 9.06. The van der Waals surface area contributed by atoms with Crippen LogP contribution in [0, 0.1) is 0 Å². The topological polar surface area (TPSA) is 68.5 Å². The van der Waals surface area contributed by atoms with E-state index in [4.69, 9.17) is 4.74 Å². The molecule has 1 N–H and O–H groups in total. The number of benzene rings is 1. The quantitative estimate of drug-likeness (QED) is 0.748. The molecule has 0 bridgehead atoms. The summed E-state index contributed by atoms with van der Waals surface area (Å²) in [5.74, 6) is 1.14. The van der Waals surface area contributed by atoms with Crippen molar-refractivity contribution < 1.29 is 9.53 Å². The first-order valence-corrected chi connectivity index (χ1v) is 7.69. The van der Waals surface area contributed by atoms with Gasteiger partial charge in [-0.2, -0.15) is 0 Å². The van der Waals surface area contributed by atoms with Crippen molar-refractivity contribution in [2.24, 2.45) is 0 Å². The van der Waals surface area contributed by atoms with E-state index in [0.29, 0.717) is 11.3 Å². The standard InChI is InChI=1S/C18H20N4O2/c1-18(2,3)21-15-14(20-17-19-10-5-11-22(15)17)12-6-8-13(9-7-12)16(23)24-4/h5-11,21H,1-4H3. The van der Waals surface area contributed by atoms with E-state index in [9.17, 15) is 4.79 Å². The molecule has 0 aliphatic rings. The number of carbonyl (C=O) groups excluding carboxylic acids is 1. The van der Waals surface area contributed by atoms with E-state index in [2.05, 4.69) is 36.1 Å². The minimum Gasteiger partial charge on any atom is -0.465 e. The smallest absolute Gasteiger partial charge is 0.337 e. The second-order valence-corrected chi connectivity index (χ2v) is 6.54. The van der Waals surface area contributed by atoms with Gasteiger partial charge in [0, 0.05) is 23.5 Å². The number of aromatic nitrogens is 3. The van der Waals surface area contributed by atoms with Crippen molar-refractivity contribution in [2.45, 2.75) is 26.3 Å². The van der Waals surface area contributed by atoms with Gasteiger partial charge in [-0.15, -0.1) is 0 Å². The number of imidazole rings is 1. The molecule has 0 aliphatic heterocycles. The van der Waals surface area contributed by atoms with Crippen LogP contribution in [-0.2, 0) is 4.74 Å². The van der Waals surface area contributed by atoms with Gasteiger partial charge in [0.25, 0.3) is 0 Å². The molecule has 0 radical (unpaired) electrons. The molecule has 6 nitrogen and oxygen atoms in total. The normalized spacial score (nSPS) is 11.5. The van der Waals surface area contributed by atoms with Crippen LogP contribution in [0.5, 0.6) is 0 Å². The zero-order valence-electron chi connectivity index (χ0n) is 14.2. The van der Waals surface area contributed by atoms with Gasteiger partial charge in [0.15, 0.2) is 0 Å². The lowest BCUT2D eigenvalue weighted by Gasteiger charge is -2.22. The first-order valence-electron chi connectivity index (χ1n) is 7.69. The number of esters is 1.